The molecule has 0 bridgehead atoms. The maximum absolute atomic E-state index is 12.8. The van der Waals surface area contributed by atoms with Gasteiger partial charge in [-0.15, -0.1) is 0 Å². The summed E-state index contributed by atoms with van der Waals surface area (Å²) in [5.74, 6) is 1.04. The zero-order valence-corrected chi connectivity index (χ0v) is 11.9. The Labute approximate surface area is 118 Å². The number of benzene rings is 1. The summed E-state index contributed by atoms with van der Waals surface area (Å²) in [5.41, 5.74) is 3.75. The lowest BCUT2D eigenvalue weighted by atomic mass is 9.70. The summed E-state index contributed by atoms with van der Waals surface area (Å²) in [6.07, 6.45) is 6.04. The van der Waals surface area contributed by atoms with Gasteiger partial charge in [0.05, 0.1) is 18.7 Å². The highest BCUT2D eigenvalue weighted by Crippen LogP contribution is 2.42. The largest absolute Gasteiger partial charge is 0.285 e. The smallest absolute Gasteiger partial charge is 0.0812 e. The van der Waals surface area contributed by atoms with E-state index in [0.717, 1.165) is 6.54 Å². The van der Waals surface area contributed by atoms with Gasteiger partial charge in [-0.25, -0.2) is 0 Å². The van der Waals surface area contributed by atoms with E-state index in [4.69, 9.17) is 0 Å². The van der Waals surface area contributed by atoms with Crippen LogP contribution in [0.4, 0.5) is 3.89 Å². The van der Waals surface area contributed by atoms with E-state index in [0.29, 0.717) is 28.9 Å². The molecule has 1 heterocycles. The summed E-state index contributed by atoms with van der Waals surface area (Å²) < 4.78 is 12.8. The normalized spacial score (nSPS) is 20.7. The zero-order chi connectivity index (χ0) is 13.2. The second-order valence-electron chi connectivity index (χ2n) is 5.43. The van der Waals surface area contributed by atoms with Gasteiger partial charge in [0.2, 0.25) is 0 Å². The van der Waals surface area contributed by atoms with E-state index >= 15 is 0 Å². The SMILES string of the molecule is CC1=CCN=C1C(c1cccc(SF)c1)C1CCC1. The molecule has 2 aliphatic rings. The monoisotopic (exact) mass is 275 g/mol. The number of nitrogens with zero attached hydrogens (tertiary/aromatic N) is 1. The van der Waals surface area contributed by atoms with Crippen LogP contribution in [0.2, 0.25) is 0 Å². The highest BCUT2D eigenvalue weighted by Gasteiger charge is 2.33. The zero-order valence-electron chi connectivity index (χ0n) is 11.1. The number of halogens is 1. The molecule has 1 atom stereocenters. The van der Waals surface area contributed by atoms with Gasteiger partial charge < -0.3 is 0 Å². The third-order valence-corrected chi connectivity index (χ3v) is 4.72. The molecule has 100 valence electrons. The van der Waals surface area contributed by atoms with E-state index in [2.05, 4.69) is 24.1 Å². The van der Waals surface area contributed by atoms with Gasteiger partial charge in [0.1, 0.15) is 0 Å². The first-order valence-corrected chi connectivity index (χ1v) is 7.61. The lowest BCUT2D eigenvalue weighted by Gasteiger charge is -2.35. The van der Waals surface area contributed by atoms with Crippen LogP contribution in [0.5, 0.6) is 0 Å². The number of allylic oxidation sites excluding steroid dienone is 1. The van der Waals surface area contributed by atoms with Gasteiger partial charge in [0, 0.05) is 16.5 Å². The molecule has 19 heavy (non-hydrogen) atoms. The molecular weight excluding hydrogens is 257 g/mol. The Bertz CT molecular complexity index is 531. The minimum atomic E-state index is 0.327. The van der Waals surface area contributed by atoms with Crippen LogP contribution in [0.25, 0.3) is 0 Å². The maximum Gasteiger partial charge on any atom is 0.0812 e. The Morgan fingerprint density at radius 1 is 1.37 bits per heavy atom. The van der Waals surface area contributed by atoms with Gasteiger partial charge in [0.15, 0.2) is 0 Å². The quantitative estimate of drug-likeness (QED) is 0.757. The van der Waals surface area contributed by atoms with Crippen LogP contribution >= 0.6 is 12.1 Å². The average molecular weight is 275 g/mol. The van der Waals surface area contributed by atoms with Crippen molar-refractivity contribution in [3.05, 3.63) is 41.5 Å². The van der Waals surface area contributed by atoms with Gasteiger partial charge in [-0.05, 0) is 49.0 Å². The van der Waals surface area contributed by atoms with Crippen LogP contribution < -0.4 is 0 Å². The molecule has 0 aromatic heterocycles. The van der Waals surface area contributed by atoms with Crippen LogP contribution in [-0.4, -0.2) is 12.3 Å². The Morgan fingerprint density at radius 2 is 2.21 bits per heavy atom. The molecule has 1 unspecified atom stereocenters. The van der Waals surface area contributed by atoms with Crippen LogP contribution in [-0.2, 0) is 0 Å². The molecule has 1 fully saturated rings. The Kier molecular flexibility index (Phi) is 3.74. The molecule has 1 aromatic rings. The number of rotatable bonds is 4. The third kappa shape index (κ3) is 2.48. The molecule has 1 aromatic carbocycles. The highest BCUT2D eigenvalue weighted by atomic mass is 32.2. The van der Waals surface area contributed by atoms with Gasteiger partial charge in [-0.3, -0.25) is 4.99 Å². The number of hydrogen-bond donors (Lipinski definition) is 0. The standard InChI is InChI=1S/C16H18FNS/c1-11-8-9-18-16(11)15(12-4-2-5-12)13-6-3-7-14(10-13)19-17/h3,6-8,10,12,15H,2,4-5,9H2,1H3. The fourth-order valence-corrected chi connectivity index (χ4v) is 3.35. The van der Waals surface area contributed by atoms with E-state index in [1.54, 1.807) is 0 Å². The highest BCUT2D eigenvalue weighted by molar-refractivity contribution is 7.94. The van der Waals surface area contributed by atoms with Crippen molar-refractivity contribution in [2.24, 2.45) is 10.9 Å². The second kappa shape index (κ2) is 5.49. The molecule has 0 amide bonds. The molecule has 3 heteroatoms. The molecule has 0 radical (unpaired) electrons. The topological polar surface area (TPSA) is 12.4 Å². The second-order valence-corrected chi connectivity index (χ2v) is 6.06. The fraction of sp³-hybridized carbons (Fsp3) is 0.438. The summed E-state index contributed by atoms with van der Waals surface area (Å²) in [6.45, 7) is 2.95. The van der Waals surface area contributed by atoms with Crippen molar-refractivity contribution >= 4 is 17.9 Å². The Balaban J connectivity index is 1.96. The first kappa shape index (κ1) is 12.9. The third-order valence-electron chi connectivity index (χ3n) is 4.29. The minimum absolute atomic E-state index is 0.327. The molecule has 1 saturated carbocycles. The summed E-state index contributed by atoms with van der Waals surface area (Å²) in [5, 5.41) is 0. The van der Waals surface area contributed by atoms with Gasteiger partial charge in [0.25, 0.3) is 0 Å². The summed E-state index contributed by atoms with van der Waals surface area (Å²) in [7, 11) is 0. The number of hydrogen-bond acceptors (Lipinski definition) is 2. The van der Waals surface area contributed by atoms with Crippen LogP contribution in [0, 0.1) is 5.92 Å². The average Bonchev–Trinajstić information content (AvgIpc) is 2.79. The van der Waals surface area contributed by atoms with Gasteiger partial charge in [-0.1, -0.05) is 24.6 Å². The van der Waals surface area contributed by atoms with Crippen molar-refractivity contribution in [3.8, 4) is 0 Å². The van der Waals surface area contributed by atoms with E-state index < -0.39 is 0 Å². The fourth-order valence-electron chi connectivity index (χ4n) is 3.04. The van der Waals surface area contributed by atoms with Gasteiger partial charge >= 0.3 is 0 Å². The van der Waals surface area contributed by atoms with E-state index in [1.165, 1.54) is 36.1 Å². The van der Waals surface area contributed by atoms with Crippen molar-refractivity contribution in [3.63, 3.8) is 0 Å². The lowest BCUT2D eigenvalue weighted by Crippen LogP contribution is -2.27. The molecule has 0 N–H and O–H groups in total. The molecule has 0 spiro atoms. The summed E-state index contributed by atoms with van der Waals surface area (Å²) >= 11 is 0.327. The van der Waals surface area contributed by atoms with Gasteiger partial charge in [-0.2, -0.15) is 3.89 Å². The molecule has 3 rings (SSSR count). The first-order valence-electron chi connectivity index (χ1n) is 6.89. The predicted molar refractivity (Wildman–Crippen MR) is 79.5 cm³/mol. The van der Waals surface area contributed by atoms with Crippen molar-refractivity contribution in [2.75, 3.05) is 6.54 Å². The van der Waals surface area contributed by atoms with Crippen molar-refractivity contribution in [1.29, 1.82) is 0 Å². The molecular formula is C16H18FNS. The number of aliphatic imine (C=N–C) groups is 1. The van der Waals surface area contributed by atoms with E-state index in [-0.39, 0.29) is 0 Å². The van der Waals surface area contributed by atoms with Crippen molar-refractivity contribution in [2.45, 2.75) is 37.0 Å². The van der Waals surface area contributed by atoms with Crippen molar-refractivity contribution < 1.29 is 3.89 Å². The summed E-state index contributed by atoms with van der Waals surface area (Å²) in [4.78, 5) is 5.37. The molecule has 1 aliphatic carbocycles. The Morgan fingerprint density at radius 3 is 2.79 bits per heavy atom. The van der Waals surface area contributed by atoms with Crippen LogP contribution in [0.3, 0.4) is 0 Å². The first-order chi connectivity index (χ1) is 9.29. The van der Waals surface area contributed by atoms with Crippen LogP contribution in [0.15, 0.2) is 45.8 Å². The molecule has 1 aliphatic heterocycles. The van der Waals surface area contributed by atoms with E-state index in [9.17, 15) is 3.89 Å². The molecule has 0 saturated heterocycles. The van der Waals surface area contributed by atoms with Crippen LogP contribution in [0.1, 0.15) is 37.7 Å². The lowest BCUT2D eigenvalue weighted by molar-refractivity contribution is 0.298. The molecule has 1 nitrogen and oxygen atoms in total. The maximum atomic E-state index is 12.8. The minimum Gasteiger partial charge on any atom is -0.285 e. The Hall–Kier alpha value is -1.09. The van der Waals surface area contributed by atoms with Crippen molar-refractivity contribution in [1.82, 2.24) is 0 Å². The van der Waals surface area contributed by atoms with E-state index in [1.807, 2.05) is 18.2 Å². The predicted octanol–water partition coefficient (Wildman–Crippen LogP) is 4.95. The summed E-state index contributed by atoms with van der Waals surface area (Å²) in [6, 6.07) is 7.89.